The minimum atomic E-state index is -0.600. The normalized spacial score (nSPS) is 17.6. The lowest BCUT2D eigenvalue weighted by Crippen LogP contribution is -2.55. The predicted octanol–water partition coefficient (Wildman–Crippen LogP) is 3.84. The van der Waals surface area contributed by atoms with E-state index in [-0.39, 0.29) is 23.6 Å². The molecule has 34 heavy (non-hydrogen) atoms. The minimum absolute atomic E-state index is 0.0178. The SMILES string of the molecule is CC(C)(C(=O)N1CCN(C(=O)C2CCN(C(=O)c3ccc(Cl)cc3)CC2)CC1)c1ccccc1. The zero-order valence-corrected chi connectivity index (χ0v) is 20.6. The highest BCUT2D eigenvalue weighted by molar-refractivity contribution is 6.30. The molecule has 2 aromatic rings. The van der Waals surface area contributed by atoms with E-state index in [1.165, 1.54) is 0 Å². The quantitative estimate of drug-likeness (QED) is 0.666. The third kappa shape index (κ3) is 5.12. The van der Waals surface area contributed by atoms with Gasteiger partial charge < -0.3 is 14.7 Å². The lowest BCUT2D eigenvalue weighted by atomic mass is 9.83. The number of nitrogens with zero attached hydrogens (tertiary/aromatic N) is 3. The van der Waals surface area contributed by atoms with Crippen molar-refractivity contribution < 1.29 is 14.4 Å². The van der Waals surface area contributed by atoms with Crippen LogP contribution in [0.25, 0.3) is 0 Å². The molecule has 2 aliphatic heterocycles. The summed E-state index contributed by atoms with van der Waals surface area (Å²) in [5.41, 5.74) is 1.02. The second-order valence-corrected chi connectivity index (χ2v) is 10.1. The molecule has 0 radical (unpaired) electrons. The van der Waals surface area contributed by atoms with Crippen molar-refractivity contribution in [1.29, 1.82) is 0 Å². The Labute approximate surface area is 206 Å². The van der Waals surface area contributed by atoms with E-state index in [2.05, 4.69) is 0 Å². The third-order valence-electron chi connectivity index (χ3n) is 7.13. The molecule has 0 atom stereocenters. The van der Waals surface area contributed by atoms with E-state index < -0.39 is 5.41 Å². The summed E-state index contributed by atoms with van der Waals surface area (Å²) in [6, 6.07) is 16.7. The summed E-state index contributed by atoms with van der Waals surface area (Å²) in [5.74, 6) is 0.154. The fourth-order valence-electron chi connectivity index (χ4n) is 4.87. The molecule has 4 rings (SSSR count). The van der Waals surface area contributed by atoms with Gasteiger partial charge in [-0.3, -0.25) is 14.4 Å². The topological polar surface area (TPSA) is 60.9 Å². The maximum Gasteiger partial charge on any atom is 0.253 e. The fourth-order valence-corrected chi connectivity index (χ4v) is 4.99. The van der Waals surface area contributed by atoms with Gasteiger partial charge in [0.15, 0.2) is 0 Å². The van der Waals surface area contributed by atoms with Crippen LogP contribution in [-0.4, -0.2) is 71.7 Å². The number of hydrogen-bond donors (Lipinski definition) is 0. The van der Waals surface area contributed by atoms with E-state index in [0.717, 1.165) is 5.56 Å². The zero-order chi connectivity index (χ0) is 24.3. The Kier molecular flexibility index (Phi) is 7.27. The van der Waals surface area contributed by atoms with Gasteiger partial charge in [-0.25, -0.2) is 0 Å². The number of carbonyl (C=O) groups is 3. The number of likely N-dealkylation sites (tertiary alicyclic amines) is 1. The standard InChI is InChI=1S/C27H32ClN3O3/c1-27(2,22-6-4-3-5-7-22)26(34)31-18-16-30(17-19-31)25(33)21-12-14-29(15-13-21)24(32)20-8-10-23(28)11-9-20/h3-11,21H,12-19H2,1-2H3. The molecule has 0 aromatic heterocycles. The highest BCUT2D eigenvalue weighted by atomic mass is 35.5. The average molecular weight is 482 g/mol. The average Bonchev–Trinajstić information content (AvgIpc) is 2.88. The van der Waals surface area contributed by atoms with Crippen LogP contribution >= 0.6 is 11.6 Å². The van der Waals surface area contributed by atoms with Crippen molar-refractivity contribution in [3.63, 3.8) is 0 Å². The van der Waals surface area contributed by atoms with E-state index in [1.54, 1.807) is 24.3 Å². The van der Waals surface area contributed by atoms with Crippen molar-refractivity contribution in [2.45, 2.75) is 32.1 Å². The molecule has 180 valence electrons. The molecule has 3 amide bonds. The lowest BCUT2D eigenvalue weighted by Gasteiger charge is -2.40. The van der Waals surface area contributed by atoms with Crippen LogP contribution < -0.4 is 0 Å². The van der Waals surface area contributed by atoms with E-state index in [4.69, 9.17) is 11.6 Å². The Hall–Kier alpha value is -2.86. The molecule has 0 spiro atoms. The van der Waals surface area contributed by atoms with Gasteiger partial charge >= 0.3 is 0 Å². The largest absolute Gasteiger partial charge is 0.339 e. The molecule has 2 aromatic carbocycles. The Bertz CT molecular complexity index is 1020. The Morgan fingerprint density at radius 2 is 1.32 bits per heavy atom. The summed E-state index contributed by atoms with van der Waals surface area (Å²) in [6.07, 6.45) is 1.33. The van der Waals surface area contributed by atoms with Crippen molar-refractivity contribution >= 4 is 29.3 Å². The van der Waals surface area contributed by atoms with Gasteiger partial charge in [-0.2, -0.15) is 0 Å². The van der Waals surface area contributed by atoms with Gasteiger partial charge in [0.1, 0.15) is 0 Å². The van der Waals surface area contributed by atoms with Gasteiger partial charge in [0.05, 0.1) is 5.41 Å². The number of carbonyl (C=O) groups excluding carboxylic acids is 3. The van der Waals surface area contributed by atoms with E-state index in [9.17, 15) is 14.4 Å². The smallest absolute Gasteiger partial charge is 0.253 e. The molecular formula is C27H32ClN3O3. The highest BCUT2D eigenvalue weighted by Gasteiger charge is 2.37. The maximum atomic E-state index is 13.2. The van der Waals surface area contributed by atoms with Crippen LogP contribution in [0.3, 0.4) is 0 Å². The molecule has 6 nitrogen and oxygen atoms in total. The molecule has 0 unspecified atom stereocenters. The lowest BCUT2D eigenvalue weighted by molar-refractivity contribution is -0.145. The van der Waals surface area contributed by atoms with Crippen LogP contribution in [0.15, 0.2) is 54.6 Å². The van der Waals surface area contributed by atoms with Crippen molar-refractivity contribution in [3.8, 4) is 0 Å². The van der Waals surface area contributed by atoms with E-state index in [0.29, 0.717) is 62.7 Å². The first-order valence-corrected chi connectivity index (χ1v) is 12.3. The van der Waals surface area contributed by atoms with Crippen LogP contribution in [0.1, 0.15) is 42.6 Å². The molecule has 2 saturated heterocycles. The third-order valence-corrected chi connectivity index (χ3v) is 7.38. The summed E-state index contributed by atoms with van der Waals surface area (Å²) in [4.78, 5) is 44.7. The number of amides is 3. The number of piperidine rings is 1. The van der Waals surface area contributed by atoms with Gasteiger partial charge in [-0.1, -0.05) is 41.9 Å². The second kappa shape index (κ2) is 10.2. The van der Waals surface area contributed by atoms with Gasteiger partial charge in [-0.15, -0.1) is 0 Å². The second-order valence-electron chi connectivity index (χ2n) is 9.68. The van der Waals surface area contributed by atoms with Crippen LogP contribution in [0.4, 0.5) is 0 Å². The van der Waals surface area contributed by atoms with Crippen molar-refractivity contribution in [2.24, 2.45) is 5.92 Å². The van der Waals surface area contributed by atoms with Crippen LogP contribution in [0.2, 0.25) is 5.02 Å². The molecule has 2 fully saturated rings. The molecule has 0 N–H and O–H groups in total. The fraction of sp³-hybridized carbons (Fsp3) is 0.444. The predicted molar refractivity (Wildman–Crippen MR) is 133 cm³/mol. The van der Waals surface area contributed by atoms with E-state index in [1.807, 2.05) is 58.9 Å². The Balaban J connectivity index is 1.27. The molecule has 0 saturated carbocycles. The first-order chi connectivity index (χ1) is 16.3. The van der Waals surface area contributed by atoms with Crippen LogP contribution in [0, 0.1) is 5.92 Å². The number of halogens is 1. The minimum Gasteiger partial charge on any atom is -0.339 e. The van der Waals surface area contributed by atoms with Crippen molar-refractivity contribution in [2.75, 3.05) is 39.3 Å². The summed E-state index contributed by atoms with van der Waals surface area (Å²) >= 11 is 5.92. The van der Waals surface area contributed by atoms with E-state index >= 15 is 0 Å². The molecule has 0 aliphatic carbocycles. The molecular weight excluding hydrogens is 450 g/mol. The Morgan fingerprint density at radius 1 is 0.765 bits per heavy atom. The number of hydrogen-bond acceptors (Lipinski definition) is 3. The summed E-state index contributed by atoms with van der Waals surface area (Å²) in [7, 11) is 0. The summed E-state index contributed by atoms with van der Waals surface area (Å²) in [5, 5.41) is 0.603. The van der Waals surface area contributed by atoms with Crippen molar-refractivity contribution in [1.82, 2.24) is 14.7 Å². The van der Waals surface area contributed by atoms with Gasteiger partial charge in [0.25, 0.3) is 5.91 Å². The number of rotatable bonds is 4. The number of benzene rings is 2. The highest BCUT2D eigenvalue weighted by Crippen LogP contribution is 2.27. The molecule has 2 heterocycles. The van der Waals surface area contributed by atoms with Gasteiger partial charge in [-0.05, 0) is 56.5 Å². The van der Waals surface area contributed by atoms with Crippen LogP contribution in [-0.2, 0) is 15.0 Å². The van der Waals surface area contributed by atoms with Crippen molar-refractivity contribution in [3.05, 3.63) is 70.7 Å². The van der Waals surface area contributed by atoms with Crippen LogP contribution in [0.5, 0.6) is 0 Å². The molecule has 0 bridgehead atoms. The first kappa shape index (κ1) is 24.3. The zero-order valence-electron chi connectivity index (χ0n) is 19.9. The van der Waals surface area contributed by atoms with Gasteiger partial charge in [0, 0.05) is 55.8 Å². The monoisotopic (exact) mass is 481 g/mol. The summed E-state index contributed by atoms with van der Waals surface area (Å²) < 4.78 is 0. The number of piperazine rings is 1. The molecule has 7 heteroatoms. The summed E-state index contributed by atoms with van der Waals surface area (Å²) in [6.45, 7) is 7.27. The maximum absolute atomic E-state index is 13.2. The van der Waals surface area contributed by atoms with Gasteiger partial charge in [0.2, 0.25) is 11.8 Å². The Morgan fingerprint density at radius 3 is 1.91 bits per heavy atom. The molecule has 2 aliphatic rings. The first-order valence-electron chi connectivity index (χ1n) is 12.0.